The molecule has 9 heteroatoms. The summed E-state index contributed by atoms with van der Waals surface area (Å²) in [6.07, 6.45) is 1.53. The Labute approximate surface area is 137 Å². The van der Waals surface area contributed by atoms with Crippen LogP contribution in [0.5, 0.6) is 5.75 Å². The molecular formula is C13H10BrN3O4S. The van der Waals surface area contributed by atoms with Crippen molar-refractivity contribution in [2.75, 3.05) is 6.61 Å². The fourth-order valence-electron chi connectivity index (χ4n) is 1.43. The Hall–Kier alpha value is -2.26. The van der Waals surface area contributed by atoms with Gasteiger partial charge in [0.25, 0.3) is 11.6 Å². The molecule has 0 aliphatic carbocycles. The van der Waals surface area contributed by atoms with Crippen LogP contribution in [-0.2, 0) is 4.79 Å². The molecule has 2 rings (SSSR count). The highest BCUT2D eigenvalue weighted by molar-refractivity contribution is 9.10. The van der Waals surface area contributed by atoms with Crippen molar-refractivity contribution >= 4 is 45.1 Å². The lowest BCUT2D eigenvalue weighted by Gasteiger charge is -2.06. The van der Waals surface area contributed by atoms with Crippen LogP contribution >= 0.6 is 27.3 Å². The first-order valence-electron chi connectivity index (χ1n) is 5.98. The first-order chi connectivity index (χ1) is 10.6. The van der Waals surface area contributed by atoms with E-state index >= 15 is 0 Å². The highest BCUT2D eigenvalue weighted by Gasteiger charge is 2.11. The summed E-state index contributed by atoms with van der Waals surface area (Å²) in [4.78, 5) is 22.6. The summed E-state index contributed by atoms with van der Waals surface area (Å²) in [5.74, 6) is -0.0963. The molecule has 1 N–H and O–H groups in total. The van der Waals surface area contributed by atoms with Crippen LogP contribution in [0.3, 0.4) is 0 Å². The second kappa shape index (κ2) is 7.66. The van der Waals surface area contributed by atoms with Crippen molar-refractivity contribution in [1.29, 1.82) is 0 Å². The minimum absolute atomic E-state index is 0.0655. The Morgan fingerprint density at radius 3 is 2.95 bits per heavy atom. The molecule has 1 aromatic heterocycles. The fraction of sp³-hybridized carbons (Fsp3) is 0.0769. The highest BCUT2D eigenvalue weighted by atomic mass is 79.9. The van der Waals surface area contributed by atoms with Crippen LogP contribution in [0.4, 0.5) is 5.69 Å². The molecule has 0 aliphatic rings. The molecule has 0 aliphatic heterocycles. The highest BCUT2D eigenvalue weighted by Crippen LogP contribution is 2.28. The lowest BCUT2D eigenvalue weighted by atomic mass is 10.3. The van der Waals surface area contributed by atoms with Gasteiger partial charge in [-0.15, -0.1) is 11.3 Å². The quantitative estimate of drug-likeness (QED) is 0.471. The van der Waals surface area contributed by atoms with Crippen LogP contribution in [0, 0.1) is 10.1 Å². The van der Waals surface area contributed by atoms with Crippen LogP contribution in [0.25, 0.3) is 0 Å². The molecule has 1 amide bonds. The van der Waals surface area contributed by atoms with Crippen molar-refractivity contribution in [3.8, 4) is 5.75 Å². The normalized spacial score (nSPS) is 10.6. The summed E-state index contributed by atoms with van der Waals surface area (Å²) >= 11 is 4.65. The molecule has 22 heavy (non-hydrogen) atoms. The average Bonchev–Trinajstić information content (AvgIpc) is 2.99. The van der Waals surface area contributed by atoms with E-state index in [0.29, 0.717) is 10.2 Å². The standard InChI is InChI=1S/C13H10BrN3O4S/c14-11-6-9(17(19)20)3-4-12(11)21-8-13(18)16-15-7-10-2-1-5-22-10/h1-7H,8H2,(H,16,18)/b15-7+. The van der Waals surface area contributed by atoms with Crippen LogP contribution in [0.2, 0.25) is 0 Å². The predicted molar refractivity (Wildman–Crippen MR) is 86.3 cm³/mol. The van der Waals surface area contributed by atoms with Crippen molar-refractivity contribution in [3.05, 3.63) is 55.2 Å². The number of nitro benzene ring substituents is 1. The topological polar surface area (TPSA) is 93.8 Å². The molecule has 0 saturated heterocycles. The predicted octanol–water partition coefficient (Wildman–Crippen LogP) is 2.95. The maximum atomic E-state index is 11.6. The van der Waals surface area contributed by atoms with Crippen molar-refractivity contribution in [2.24, 2.45) is 5.10 Å². The fourth-order valence-corrected chi connectivity index (χ4v) is 2.49. The Morgan fingerprint density at radius 2 is 2.32 bits per heavy atom. The van der Waals surface area contributed by atoms with Crippen LogP contribution in [-0.4, -0.2) is 23.7 Å². The zero-order valence-electron chi connectivity index (χ0n) is 11.1. The molecule has 2 aromatic rings. The molecule has 0 radical (unpaired) electrons. The second-order valence-corrected chi connectivity index (χ2v) is 5.80. The van der Waals surface area contributed by atoms with E-state index in [-0.39, 0.29) is 12.3 Å². The van der Waals surface area contributed by atoms with Gasteiger partial charge in [0.2, 0.25) is 0 Å². The van der Waals surface area contributed by atoms with E-state index in [1.165, 1.54) is 35.8 Å². The van der Waals surface area contributed by atoms with Crippen molar-refractivity contribution < 1.29 is 14.5 Å². The number of hydrogen-bond donors (Lipinski definition) is 1. The van der Waals surface area contributed by atoms with Crippen LogP contribution in [0.1, 0.15) is 4.88 Å². The number of nitrogens with one attached hydrogen (secondary N) is 1. The van der Waals surface area contributed by atoms with Gasteiger partial charge in [-0.2, -0.15) is 5.10 Å². The molecule has 0 bridgehead atoms. The Morgan fingerprint density at radius 1 is 1.50 bits per heavy atom. The van der Waals surface area contributed by atoms with Gasteiger partial charge in [-0.3, -0.25) is 14.9 Å². The van der Waals surface area contributed by atoms with Crippen molar-refractivity contribution in [3.63, 3.8) is 0 Å². The van der Waals surface area contributed by atoms with E-state index in [4.69, 9.17) is 4.74 Å². The zero-order chi connectivity index (χ0) is 15.9. The summed E-state index contributed by atoms with van der Waals surface area (Å²) < 4.78 is 5.67. The van der Waals surface area contributed by atoms with Gasteiger partial charge in [0.05, 0.1) is 15.6 Å². The SMILES string of the molecule is O=C(COc1ccc([N+](=O)[O-])cc1Br)N/N=C/c1cccs1. The maximum absolute atomic E-state index is 11.6. The number of ether oxygens (including phenoxy) is 1. The zero-order valence-corrected chi connectivity index (χ0v) is 13.5. The van der Waals surface area contributed by atoms with E-state index in [1.807, 2.05) is 17.5 Å². The maximum Gasteiger partial charge on any atom is 0.277 e. The Bertz CT molecular complexity index is 703. The van der Waals surface area contributed by atoms with Gasteiger partial charge in [-0.05, 0) is 33.4 Å². The molecule has 0 atom stereocenters. The van der Waals surface area contributed by atoms with Crippen LogP contribution < -0.4 is 10.2 Å². The molecule has 0 saturated carbocycles. The van der Waals surface area contributed by atoms with E-state index in [1.54, 1.807) is 0 Å². The molecule has 0 spiro atoms. The molecular weight excluding hydrogens is 374 g/mol. The second-order valence-electron chi connectivity index (χ2n) is 3.97. The molecule has 1 heterocycles. The van der Waals surface area contributed by atoms with Gasteiger partial charge in [0.1, 0.15) is 5.75 Å². The van der Waals surface area contributed by atoms with Gasteiger partial charge in [-0.25, -0.2) is 5.43 Å². The summed E-state index contributed by atoms with van der Waals surface area (Å²) in [7, 11) is 0. The van der Waals surface area contributed by atoms with E-state index in [9.17, 15) is 14.9 Å². The Kier molecular flexibility index (Phi) is 5.61. The van der Waals surface area contributed by atoms with E-state index < -0.39 is 10.8 Å². The number of hydrogen-bond acceptors (Lipinski definition) is 6. The number of thiophene rings is 1. The first kappa shape index (κ1) is 16.1. The minimum atomic E-state index is -0.513. The molecule has 0 fully saturated rings. The third kappa shape index (κ3) is 4.64. The van der Waals surface area contributed by atoms with Gasteiger partial charge < -0.3 is 4.74 Å². The number of nitrogens with zero attached hydrogens (tertiary/aromatic N) is 2. The largest absolute Gasteiger partial charge is 0.483 e. The first-order valence-corrected chi connectivity index (χ1v) is 7.65. The lowest BCUT2D eigenvalue weighted by Crippen LogP contribution is -2.24. The molecule has 7 nitrogen and oxygen atoms in total. The van der Waals surface area contributed by atoms with Gasteiger partial charge >= 0.3 is 0 Å². The number of carbonyl (C=O) groups excluding carboxylic acids is 1. The van der Waals surface area contributed by atoms with Gasteiger partial charge in [0.15, 0.2) is 6.61 Å². The Balaban J connectivity index is 1.84. The summed E-state index contributed by atoms with van der Waals surface area (Å²) in [6.45, 7) is -0.252. The third-order valence-electron chi connectivity index (χ3n) is 2.41. The number of carbonyl (C=O) groups is 1. The minimum Gasteiger partial charge on any atom is -0.483 e. The molecule has 1 aromatic carbocycles. The number of amides is 1. The molecule has 0 unspecified atom stereocenters. The number of halogens is 1. The summed E-state index contributed by atoms with van der Waals surface area (Å²) in [5, 5.41) is 16.3. The number of benzene rings is 1. The van der Waals surface area contributed by atoms with Crippen molar-refractivity contribution in [2.45, 2.75) is 0 Å². The van der Waals surface area contributed by atoms with E-state index in [0.717, 1.165) is 4.88 Å². The van der Waals surface area contributed by atoms with E-state index in [2.05, 4.69) is 26.5 Å². The number of hydrazone groups is 1. The van der Waals surface area contributed by atoms with Crippen molar-refractivity contribution in [1.82, 2.24) is 5.43 Å². The summed E-state index contributed by atoms with van der Waals surface area (Å²) in [5.41, 5.74) is 2.26. The van der Waals surface area contributed by atoms with Crippen LogP contribution in [0.15, 0.2) is 45.3 Å². The average molecular weight is 384 g/mol. The number of rotatable bonds is 6. The van der Waals surface area contributed by atoms with Gasteiger partial charge in [0, 0.05) is 17.0 Å². The number of non-ortho nitro benzene ring substituents is 1. The van der Waals surface area contributed by atoms with Gasteiger partial charge in [-0.1, -0.05) is 6.07 Å². The lowest BCUT2D eigenvalue weighted by molar-refractivity contribution is -0.384. The number of nitro groups is 1. The molecule has 114 valence electrons. The third-order valence-corrected chi connectivity index (χ3v) is 3.84. The summed E-state index contributed by atoms with van der Waals surface area (Å²) in [6, 6.07) is 7.77. The monoisotopic (exact) mass is 383 g/mol. The smallest absolute Gasteiger partial charge is 0.277 e.